The molecule has 2 aromatic rings. The van der Waals surface area contributed by atoms with Crippen molar-refractivity contribution in [3.05, 3.63) is 51.9 Å². The summed E-state index contributed by atoms with van der Waals surface area (Å²) in [6.45, 7) is 0.766. The van der Waals surface area contributed by atoms with E-state index in [2.05, 4.69) is 0 Å². The van der Waals surface area contributed by atoms with Crippen LogP contribution in [-0.2, 0) is 23.0 Å². The van der Waals surface area contributed by atoms with Crippen molar-refractivity contribution in [3.63, 3.8) is 0 Å². The number of benzene rings is 1. The van der Waals surface area contributed by atoms with Gasteiger partial charge in [-0.05, 0) is 24.8 Å². The summed E-state index contributed by atoms with van der Waals surface area (Å²) >= 11 is 1.34. The molecule has 0 spiro atoms. The Morgan fingerprint density at radius 1 is 1.21 bits per heavy atom. The second kappa shape index (κ2) is 5.68. The monoisotopic (exact) mass is 362 g/mol. The highest BCUT2D eigenvalue weighted by Crippen LogP contribution is 2.39. The standard InChI is InChI=1S/C17H18N2O3S2/c18-17-15(16(20)11-4-2-1-3-5-11)13-8-9-19(10-14(13)23-17)24(21,22)12-6-7-12/h1-5,12H,6-10,18H2. The lowest BCUT2D eigenvalue weighted by molar-refractivity contribution is 0.103. The van der Waals surface area contributed by atoms with Gasteiger partial charge in [-0.3, -0.25) is 4.79 Å². The first-order valence-corrected chi connectivity index (χ1v) is 10.3. The number of rotatable bonds is 4. The van der Waals surface area contributed by atoms with Crippen LogP contribution in [0.5, 0.6) is 0 Å². The second-order valence-electron chi connectivity index (χ2n) is 6.27. The van der Waals surface area contributed by atoms with Crippen molar-refractivity contribution in [3.8, 4) is 0 Å². The summed E-state index contributed by atoms with van der Waals surface area (Å²) in [4.78, 5) is 13.7. The Labute approximate surface area is 145 Å². The first-order valence-electron chi connectivity index (χ1n) is 7.97. The van der Waals surface area contributed by atoms with Crippen LogP contribution in [0.1, 0.15) is 39.2 Å². The van der Waals surface area contributed by atoms with Gasteiger partial charge in [0, 0.05) is 23.5 Å². The molecule has 1 aromatic carbocycles. The molecule has 0 amide bonds. The number of carbonyl (C=O) groups is 1. The van der Waals surface area contributed by atoms with Gasteiger partial charge in [0.2, 0.25) is 10.0 Å². The van der Waals surface area contributed by atoms with Gasteiger partial charge >= 0.3 is 0 Å². The van der Waals surface area contributed by atoms with Crippen molar-refractivity contribution in [2.75, 3.05) is 12.3 Å². The molecule has 2 N–H and O–H groups in total. The Morgan fingerprint density at radius 2 is 1.92 bits per heavy atom. The lowest BCUT2D eigenvalue weighted by Crippen LogP contribution is -2.37. The molecule has 1 aliphatic carbocycles. The number of ketones is 1. The molecule has 1 aliphatic heterocycles. The molecule has 0 atom stereocenters. The second-order valence-corrected chi connectivity index (χ2v) is 9.62. The van der Waals surface area contributed by atoms with Crippen molar-refractivity contribution in [2.24, 2.45) is 0 Å². The molecule has 7 heteroatoms. The topological polar surface area (TPSA) is 80.5 Å². The average Bonchev–Trinajstić information content (AvgIpc) is 3.38. The van der Waals surface area contributed by atoms with Crippen molar-refractivity contribution in [2.45, 2.75) is 31.1 Å². The number of fused-ring (bicyclic) bond motifs is 1. The first kappa shape index (κ1) is 15.8. The van der Waals surface area contributed by atoms with Crippen molar-refractivity contribution in [1.29, 1.82) is 0 Å². The predicted molar refractivity (Wildman–Crippen MR) is 94.7 cm³/mol. The van der Waals surface area contributed by atoms with Gasteiger partial charge in [-0.15, -0.1) is 11.3 Å². The van der Waals surface area contributed by atoms with Gasteiger partial charge in [-0.25, -0.2) is 8.42 Å². The van der Waals surface area contributed by atoms with Gasteiger partial charge in [0.1, 0.15) is 0 Å². The van der Waals surface area contributed by atoms with E-state index in [0.717, 1.165) is 23.3 Å². The fourth-order valence-corrected chi connectivity index (χ4v) is 6.20. The number of nitrogen functional groups attached to an aromatic ring is 1. The fourth-order valence-electron chi connectivity index (χ4n) is 3.18. The summed E-state index contributed by atoms with van der Waals surface area (Å²) in [5, 5.41) is 0.279. The summed E-state index contributed by atoms with van der Waals surface area (Å²) in [5.41, 5.74) is 8.21. The van der Waals surface area contributed by atoms with Crippen LogP contribution in [0.2, 0.25) is 0 Å². The molecule has 4 rings (SSSR count). The smallest absolute Gasteiger partial charge is 0.217 e. The van der Waals surface area contributed by atoms with Crippen LogP contribution in [0.15, 0.2) is 30.3 Å². The number of hydrogen-bond donors (Lipinski definition) is 1. The lowest BCUT2D eigenvalue weighted by Gasteiger charge is -2.26. The van der Waals surface area contributed by atoms with E-state index in [1.165, 1.54) is 11.3 Å². The van der Waals surface area contributed by atoms with E-state index in [9.17, 15) is 13.2 Å². The van der Waals surface area contributed by atoms with Crippen LogP contribution < -0.4 is 5.73 Å². The van der Waals surface area contributed by atoms with Gasteiger partial charge in [-0.2, -0.15) is 4.31 Å². The highest BCUT2D eigenvalue weighted by molar-refractivity contribution is 7.90. The number of hydrogen-bond acceptors (Lipinski definition) is 5. The Hall–Kier alpha value is -1.70. The number of nitrogens with two attached hydrogens (primary N) is 1. The van der Waals surface area contributed by atoms with Crippen molar-refractivity contribution < 1.29 is 13.2 Å². The van der Waals surface area contributed by atoms with E-state index in [-0.39, 0.29) is 11.0 Å². The molecule has 1 saturated carbocycles. The molecule has 126 valence electrons. The lowest BCUT2D eigenvalue weighted by atomic mass is 9.97. The van der Waals surface area contributed by atoms with E-state index < -0.39 is 10.0 Å². The van der Waals surface area contributed by atoms with Crippen LogP contribution in [0.25, 0.3) is 0 Å². The Kier molecular flexibility index (Phi) is 3.74. The minimum atomic E-state index is -3.19. The fraction of sp³-hybridized carbons (Fsp3) is 0.353. The Balaban J connectivity index is 1.67. The molecule has 1 fully saturated rings. The average molecular weight is 362 g/mol. The molecular formula is C17H18N2O3S2. The Morgan fingerprint density at radius 3 is 2.58 bits per heavy atom. The van der Waals surface area contributed by atoms with Gasteiger partial charge in [-0.1, -0.05) is 30.3 Å². The third-order valence-electron chi connectivity index (χ3n) is 4.62. The molecule has 2 aliphatic rings. The first-order chi connectivity index (χ1) is 11.5. The molecule has 5 nitrogen and oxygen atoms in total. The summed E-state index contributed by atoms with van der Waals surface area (Å²) in [6, 6.07) is 9.07. The normalized spacial score (nSPS) is 18.3. The van der Waals surface area contributed by atoms with Crippen LogP contribution in [0.4, 0.5) is 5.00 Å². The molecule has 0 unspecified atom stereocenters. The SMILES string of the molecule is Nc1sc2c(c1C(=O)c1ccccc1)CCN(S(=O)(=O)C1CC1)C2. The largest absolute Gasteiger partial charge is 0.390 e. The van der Waals surface area contributed by atoms with E-state index in [1.807, 2.05) is 18.2 Å². The van der Waals surface area contributed by atoms with Gasteiger partial charge in [0.15, 0.2) is 5.78 Å². The molecular weight excluding hydrogens is 344 g/mol. The molecule has 2 heterocycles. The molecule has 0 saturated heterocycles. The summed E-state index contributed by atoms with van der Waals surface area (Å²) in [6.07, 6.45) is 2.06. The van der Waals surface area contributed by atoms with Crippen LogP contribution in [0.3, 0.4) is 0 Å². The van der Waals surface area contributed by atoms with Gasteiger partial charge in [0.25, 0.3) is 0 Å². The zero-order chi connectivity index (χ0) is 16.9. The van der Waals surface area contributed by atoms with Crippen LogP contribution in [0, 0.1) is 0 Å². The third-order valence-corrected chi connectivity index (χ3v) is 8.01. The van der Waals surface area contributed by atoms with Crippen LogP contribution in [-0.4, -0.2) is 30.3 Å². The molecule has 24 heavy (non-hydrogen) atoms. The number of anilines is 1. The number of carbonyl (C=O) groups excluding carboxylic acids is 1. The predicted octanol–water partition coefficient (Wildman–Crippen LogP) is 2.41. The van der Waals surface area contributed by atoms with Gasteiger partial charge < -0.3 is 5.73 Å². The van der Waals surface area contributed by atoms with E-state index in [1.54, 1.807) is 16.4 Å². The van der Waals surface area contributed by atoms with Crippen molar-refractivity contribution >= 4 is 32.1 Å². The Bertz CT molecular complexity index is 899. The van der Waals surface area contributed by atoms with E-state index >= 15 is 0 Å². The summed E-state index contributed by atoms with van der Waals surface area (Å²) in [7, 11) is -3.19. The van der Waals surface area contributed by atoms with Gasteiger partial charge in [0.05, 0.1) is 15.8 Å². The summed E-state index contributed by atoms with van der Waals surface area (Å²) < 4.78 is 26.4. The minimum Gasteiger partial charge on any atom is -0.390 e. The van der Waals surface area contributed by atoms with Crippen molar-refractivity contribution in [1.82, 2.24) is 4.31 Å². The quantitative estimate of drug-likeness (QED) is 0.847. The number of thiophene rings is 1. The zero-order valence-corrected chi connectivity index (χ0v) is 14.7. The third kappa shape index (κ3) is 2.56. The minimum absolute atomic E-state index is 0.0795. The highest BCUT2D eigenvalue weighted by atomic mass is 32.2. The maximum absolute atomic E-state index is 12.8. The van der Waals surface area contributed by atoms with E-state index in [4.69, 9.17) is 5.73 Å². The molecule has 0 radical (unpaired) electrons. The maximum Gasteiger partial charge on any atom is 0.217 e. The van der Waals surface area contributed by atoms with Crippen LogP contribution >= 0.6 is 11.3 Å². The number of nitrogens with zero attached hydrogens (tertiary/aromatic N) is 1. The maximum atomic E-state index is 12.8. The summed E-state index contributed by atoms with van der Waals surface area (Å²) in [5.74, 6) is -0.0795. The number of sulfonamides is 1. The highest BCUT2D eigenvalue weighted by Gasteiger charge is 2.42. The zero-order valence-electron chi connectivity index (χ0n) is 13.1. The molecule has 0 bridgehead atoms. The molecule has 1 aromatic heterocycles. The van der Waals surface area contributed by atoms with E-state index in [0.29, 0.717) is 35.6 Å².